The van der Waals surface area contributed by atoms with Gasteiger partial charge in [0.2, 0.25) is 0 Å². The molecule has 0 unspecified atom stereocenters. The van der Waals surface area contributed by atoms with E-state index in [0.29, 0.717) is 37.0 Å². The Balaban J connectivity index is 1.13. The highest BCUT2D eigenvalue weighted by Crippen LogP contribution is 2.32. The zero-order chi connectivity index (χ0) is 20.8. The molecule has 2 aromatic rings. The van der Waals surface area contributed by atoms with E-state index in [0.717, 1.165) is 44.2 Å². The molecule has 0 aromatic heterocycles. The van der Waals surface area contributed by atoms with Gasteiger partial charge in [-0.2, -0.15) is 0 Å². The summed E-state index contributed by atoms with van der Waals surface area (Å²) in [7, 11) is 0. The van der Waals surface area contributed by atoms with Crippen molar-refractivity contribution in [3.05, 3.63) is 47.5 Å². The molecule has 0 bridgehead atoms. The molecule has 0 spiro atoms. The number of piperazine rings is 1. The van der Waals surface area contributed by atoms with Gasteiger partial charge in [0.05, 0.1) is 6.61 Å². The van der Waals surface area contributed by atoms with E-state index in [1.807, 2.05) is 18.2 Å². The molecule has 2 aromatic carbocycles. The molecule has 0 radical (unpaired) electrons. The number of anilines is 2. The maximum absolute atomic E-state index is 12.0. The van der Waals surface area contributed by atoms with Gasteiger partial charge in [0.15, 0.2) is 11.5 Å². The van der Waals surface area contributed by atoms with Gasteiger partial charge in [-0.15, -0.1) is 0 Å². The average molecular weight is 432 g/mol. The summed E-state index contributed by atoms with van der Waals surface area (Å²) in [5, 5.41) is 3.50. The van der Waals surface area contributed by atoms with Crippen LogP contribution in [-0.4, -0.2) is 63.5 Å². The Bertz CT molecular complexity index is 871. The van der Waals surface area contributed by atoms with Crippen LogP contribution in [0, 0.1) is 0 Å². The monoisotopic (exact) mass is 431 g/mol. The summed E-state index contributed by atoms with van der Waals surface area (Å²) in [5.41, 5.74) is 1.79. The SMILES string of the molecule is O=C(Nc1ccc2c(c1)OCCO2)OCCCN1CCN(c2cccc(Cl)c2)CC1. The number of fused-ring (bicyclic) bond motifs is 1. The van der Waals surface area contributed by atoms with E-state index in [1.165, 1.54) is 5.69 Å². The number of nitrogens with one attached hydrogen (secondary N) is 1. The molecule has 0 atom stereocenters. The van der Waals surface area contributed by atoms with Crippen molar-refractivity contribution in [2.75, 3.05) is 62.8 Å². The van der Waals surface area contributed by atoms with Crippen LogP contribution in [0.25, 0.3) is 0 Å². The molecule has 1 saturated heterocycles. The molecule has 0 saturated carbocycles. The van der Waals surface area contributed by atoms with Crippen molar-refractivity contribution in [1.29, 1.82) is 0 Å². The van der Waals surface area contributed by atoms with Gasteiger partial charge in [0.1, 0.15) is 13.2 Å². The minimum atomic E-state index is -0.461. The number of carbonyl (C=O) groups is 1. The Morgan fingerprint density at radius 1 is 1.03 bits per heavy atom. The second-order valence-corrected chi connectivity index (χ2v) is 7.72. The molecular formula is C22H26ClN3O4. The molecule has 0 aliphatic carbocycles. The van der Waals surface area contributed by atoms with Gasteiger partial charge < -0.3 is 19.1 Å². The molecule has 30 heavy (non-hydrogen) atoms. The Labute approximate surface area is 181 Å². The van der Waals surface area contributed by atoms with Crippen molar-refractivity contribution in [2.45, 2.75) is 6.42 Å². The predicted octanol–water partition coefficient (Wildman–Crippen LogP) is 3.87. The van der Waals surface area contributed by atoms with Gasteiger partial charge in [0.25, 0.3) is 0 Å². The van der Waals surface area contributed by atoms with E-state index < -0.39 is 6.09 Å². The van der Waals surface area contributed by atoms with Crippen molar-refractivity contribution in [3.8, 4) is 11.5 Å². The summed E-state index contributed by atoms with van der Waals surface area (Å²) < 4.78 is 16.3. The third-order valence-corrected chi connectivity index (χ3v) is 5.42. The maximum atomic E-state index is 12.0. The summed E-state index contributed by atoms with van der Waals surface area (Å²) in [4.78, 5) is 16.8. The van der Waals surface area contributed by atoms with E-state index in [1.54, 1.807) is 18.2 Å². The molecule has 8 heteroatoms. The largest absolute Gasteiger partial charge is 0.486 e. The zero-order valence-electron chi connectivity index (χ0n) is 16.8. The first-order chi connectivity index (χ1) is 14.7. The molecule has 1 fully saturated rings. The standard InChI is InChI=1S/C22H26ClN3O4/c23-17-3-1-4-19(15-17)26-10-8-25(9-11-26)7-2-12-30-22(27)24-18-5-6-20-21(16-18)29-14-13-28-20/h1,3-6,15-16H,2,7-14H2,(H,24,27). The van der Waals surface area contributed by atoms with Crippen LogP contribution in [0.2, 0.25) is 5.02 Å². The topological polar surface area (TPSA) is 63.3 Å². The summed E-state index contributed by atoms with van der Waals surface area (Å²) in [6.07, 6.45) is 0.337. The molecule has 2 aliphatic heterocycles. The van der Waals surface area contributed by atoms with Gasteiger partial charge in [-0.05, 0) is 36.8 Å². The quantitative estimate of drug-likeness (QED) is 0.700. The fourth-order valence-corrected chi connectivity index (χ4v) is 3.82. The highest BCUT2D eigenvalue weighted by atomic mass is 35.5. The number of carbonyl (C=O) groups excluding carboxylic acids is 1. The van der Waals surface area contributed by atoms with Gasteiger partial charge >= 0.3 is 6.09 Å². The van der Waals surface area contributed by atoms with Crippen LogP contribution in [0.15, 0.2) is 42.5 Å². The Morgan fingerprint density at radius 2 is 1.83 bits per heavy atom. The summed E-state index contributed by atoms with van der Waals surface area (Å²) in [6, 6.07) is 13.3. The molecule has 1 N–H and O–H groups in total. The van der Waals surface area contributed by atoms with Crippen LogP contribution in [0.1, 0.15) is 6.42 Å². The molecule has 2 heterocycles. The molecule has 4 rings (SSSR count). The van der Waals surface area contributed by atoms with E-state index in [2.05, 4.69) is 21.2 Å². The molecule has 2 aliphatic rings. The van der Waals surface area contributed by atoms with Gasteiger partial charge in [-0.25, -0.2) is 4.79 Å². The van der Waals surface area contributed by atoms with Crippen LogP contribution in [0.3, 0.4) is 0 Å². The number of hydrogen-bond donors (Lipinski definition) is 1. The van der Waals surface area contributed by atoms with Gasteiger partial charge in [-0.3, -0.25) is 10.2 Å². The van der Waals surface area contributed by atoms with Crippen molar-refractivity contribution in [1.82, 2.24) is 4.90 Å². The lowest BCUT2D eigenvalue weighted by Crippen LogP contribution is -2.46. The first-order valence-corrected chi connectivity index (χ1v) is 10.6. The molecule has 1 amide bonds. The number of ether oxygens (including phenoxy) is 3. The van der Waals surface area contributed by atoms with Crippen LogP contribution in [0.4, 0.5) is 16.2 Å². The van der Waals surface area contributed by atoms with Gasteiger partial charge in [0, 0.05) is 55.2 Å². The number of rotatable bonds is 6. The molecular weight excluding hydrogens is 406 g/mol. The van der Waals surface area contributed by atoms with Gasteiger partial charge in [-0.1, -0.05) is 17.7 Å². The number of halogens is 1. The van der Waals surface area contributed by atoms with Crippen LogP contribution >= 0.6 is 11.6 Å². The lowest BCUT2D eigenvalue weighted by molar-refractivity contribution is 0.151. The van der Waals surface area contributed by atoms with E-state index in [-0.39, 0.29) is 0 Å². The molecule has 160 valence electrons. The van der Waals surface area contributed by atoms with Crippen molar-refractivity contribution < 1.29 is 19.0 Å². The first kappa shape index (κ1) is 20.6. The predicted molar refractivity (Wildman–Crippen MR) is 117 cm³/mol. The van der Waals surface area contributed by atoms with E-state index in [4.69, 9.17) is 25.8 Å². The van der Waals surface area contributed by atoms with Crippen molar-refractivity contribution >= 4 is 29.1 Å². The number of benzene rings is 2. The Hall–Kier alpha value is -2.64. The first-order valence-electron chi connectivity index (χ1n) is 10.2. The highest BCUT2D eigenvalue weighted by Gasteiger charge is 2.17. The summed E-state index contributed by atoms with van der Waals surface area (Å²) >= 11 is 6.09. The molecule has 7 nitrogen and oxygen atoms in total. The van der Waals surface area contributed by atoms with Crippen molar-refractivity contribution in [3.63, 3.8) is 0 Å². The van der Waals surface area contributed by atoms with Crippen LogP contribution in [0.5, 0.6) is 11.5 Å². The number of hydrogen-bond acceptors (Lipinski definition) is 6. The minimum Gasteiger partial charge on any atom is -0.486 e. The smallest absolute Gasteiger partial charge is 0.411 e. The second-order valence-electron chi connectivity index (χ2n) is 7.28. The normalized spacial score (nSPS) is 16.2. The zero-order valence-corrected chi connectivity index (χ0v) is 17.6. The Kier molecular flexibility index (Phi) is 6.81. The number of amides is 1. The lowest BCUT2D eigenvalue weighted by atomic mass is 10.2. The van der Waals surface area contributed by atoms with E-state index in [9.17, 15) is 4.79 Å². The summed E-state index contributed by atoms with van der Waals surface area (Å²) in [6.45, 7) is 6.22. The minimum absolute atomic E-state index is 0.380. The third-order valence-electron chi connectivity index (χ3n) is 5.19. The number of nitrogens with zero attached hydrogens (tertiary/aromatic N) is 2. The lowest BCUT2D eigenvalue weighted by Gasteiger charge is -2.36. The second kappa shape index (κ2) is 9.91. The summed E-state index contributed by atoms with van der Waals surface area (Å²) in [5.74, 6) is 1.33. The van der Waals surface area contributed by atoms with Crippen molar-refractivity contribution in [2.24, 2.45) is 0 Å². The fraction of sp³-hybridized carbons (Fsp3) is 0.409. The maximum Gasteiger partial charge on any atom is 0.411 e. The average Bonchev–Trinajstić information content (AvgIpc) is 2.77. The Morgan fingerprint density at radius 3 is 2.63 bits per heavy atom. The van der Waals surface area contributed by atoms with E-state index >= 15 is 0 Å². The highest BCUT2D eigenvalue weighted by molar-refractivity contribution is 6.30. The third kappa shape index (κ3) is 5.49. The van der Waals surface area contributed by atoms with Crippen LogP contribution < -0.4 is 19.7 Å². The van der Waals surface area contributed by atoms with Crippen LogP contribution in [-0.2, 0) is 4.74 Å². The fourth-order valence-electron chi connectivity index (χ4n) is 3.63.